The van der Waals surface area contributed by atoms with Gasteiger partial charge in [0.15, 0.2) is 0 Å². The number of nitrogens with two attached hydrogens (primary N) is 1. The molecule has 0 bridgehead atoms. The molecule has 0 aromatic carbocycles. The van der Waals surface area contributed by atoms with Crippen molar-refractivity contribution in [3.8, 4) is 0 Å². The number of rotatable bonds is 6. The summed E-state index contributed by atoms with van der Waals surface area (Å²) < 4.78 is 5.94. The van der Waals surface area contributed by atoms with Gasteiger partial charge >= 0.3 is 0 Å². The molecule has 0 spiro atoms. The number of ether oxygens (including phenoxy) is 1. The van der Waals surface area contributed by atoms with Crippen molar-refractivity contribution in [2.24, 2.45) is 5.84 Å². The molecule has 114 valence electrons. The van der Waals surface area contributed by atoms with Gasteiger partial charge in [0.2, 0.25) is 0 Å². The molecule has 1 aliphatic rings. The van der Waals surface area contributed by atoms with E-state index in [1.807, 2.05) is 11.3 Å². The minimum Gasteiger partial charge on any atom is -0.374 e. The van der Waals surface area contributed by atoms with Crippen LogP contribution in [0, 0.1) is 0 Å². The highest BCUT2D eigenvalue weighted by molar-refractivity contribution is 7.11. The molecule has 2 unspecified atom stereocenters. The van der Waals surface area contributed by atoms with Crippen LogP contribution < -0.4 is 11.3 Å². The number of thiophene rings is 1. The molecule has 0 saturated carbocycles. The number of nitrogens with zero attached hydrogens (tertiary/aromatic N) is 1. The maximum atomic E-state index is 5.94. The molecular formula is C15H27N3OS. The third-order valence-corrected chi connectivity index (χ3v) is 5.26. The number of nitrogens with one attached hydrogen (secondary N) is 1. The number of hydrazine groups is 1. The lowest BCUT2D eigenvalue weighted by atomic mass is 10.0. The lowest BCUT2D eigenvalue weighted by Crippen LogP contribution is -2.55. The number of hydrogen-bond acceptors (Lipinski definition) is 5. The van der Waals surface area contributed by atoms with Crippen LogP contribution in [0.4, 0.5) is 0 Å². The van der Waals surface area contributed by atoms with Gasteiger partial charge in [-0.1, -0.05) is 6.92 Å². The standard InChI is InChI=1S/C15H27N3OS/c1-4-12-5-6-13(20-12)9-14(17-16)15-10-18(11(2)3)7-8-19-15/h5-6,11,14-15,17H,4,7-10,16H2,1-3H3. The highest BCUT2D eigenvalue weighted by Crippen LogP contribution is 2.21. The maximum Gasteiger partial charge on any atom is 0.0872 e. The summed E-state index contributed by atoms with van der Waals surface area (Å²) in [6.07, 6.45) is 2.22. The lowest BCUT2D eigenvalue weighted by Gasteiger charge is -2.38. The van der Waals surface area contributed by atoms with Crippen molar-refractivity contribution < 1.29 is 4.74 Å². The molecule has 1 aromatic rings. The van der Waals surface area contributed by atoms with Gasteiger partial charge in [-0.05, 0) is 32.4 Å². The number of hydrogen-bond donors (Lipinski definition) is 2. The lowest BCUT2D eigenvalue weighted by molar-refractivity contribution is -0.0551. The van der Waals surface area contributed by atoms with Gasteiger partial charge in [0.05, 0.1) is 18.8 Å². The fourth-order valence-corrected chi connectivity index (χ4v) is 3.66. The van der Waals surface area contributed by atoms with Gasteiger partial charge in [0, 0.05) is 35.3 Å². The van der Waals surface area contributed by atoms with Gasteiger partial charge < -0.3 is 4.74 Å². The van der Waals surface area contributed by atoms with E-state index in [1.54, 1.807) is 0 Å². The Labute approximate surface area is 126 Å². The van der Waals surface area contributed by atoms with Gasteiger partial charge in [-0.3, -0.25) is 16.2 Å². The fourth-order valence-electron chi connectivity index (χ4n) is 2.65. The van der Waals surface area contributed by atoms with Crippen molar-refractivity contribution in [3.63, 3.8) is 0 Å². The molecule has 2 atom stereocenters. The third kappa shape index (κ3) is 4.02. The summed E-state index contributed by atoms with van der Waals surface area (Å²) in [5.74, 6) is 5.77. The van der Waals surface area contributed by atoms with Gasteiger partial charge in [-0.15, -0.1) is 11.3 Å². The average molecular weight is 297 g/mol. The number of morpholine rings is 1. The maximum absolute atomic E-state index is 5.94. The van der Waals surface area contributed by atoms with E-state index in [1.165, 1.54) is 9.75 Å². The Morgan fingerprint density at radius 1 is 1.45 bits per heavy atom. The third-order valence-electron chi connectivity index (χ3n) is 4.00. The molecule has 1 saturated heterocycles. The smallest absolute Gasteiger partial charge is 0.0872 e. The molecule has 1 aliphatic heterocycles. The largest absolute Gasteiger partial charge is 0.374 e. The van der Waals surface area contributed by atoms with E-state index < -0.39 is 0 Å². The average Bonchev–Trinajstić information content (AvgIpc) is 2.92. The van der Waals surface area contributed by atoms with E-state index in [0.717, 1.165) is 32.5 Å². The van der Waals surface area contributed by atoms with Crippen LogP contribution in [0.2, 0.25) is 0 Å². The normalized spacial score (nSPS) is 22.4. The van der Waals surface area contributed by atoms with Crippen LogP contribution in [0.3, 0.4) is 0 Å². The Balaban J connectivity index is 1.96. The Morgan fingerprint density at radius 3 is 2.80 bits per heavy atom. The molecule has 2 rings (SSSR count). The van der Waals surface area contributed by atoms with E-state index in [0.29, 0.717) is 6.04 Å². The highest BCUT2D eigenvalue weighted by atomic mass is 32.1. The van der Waals surface area contributed by atoms with Crippen molar-refractivity contribution in [1.29, 1.82) is 0 Å². The van der Waals surface area contributed by atoms with E-state index in [4.69, 9.17) is 10.6 Å². The SMILES string of the molecule is CCc1ccc(CC(NN)C2CN(C(C)C)CCO2)s1. The summed E-state index contributed by atoms with van der Waals surface area (Å²) >= 11 is 1.88. The molecule has 0 radical (unpaired) electrons. The molecule has 5 heteroatoms. The Hall–Kier alpha value is -0.460. The Bertz CT molecular complexity index is 408. The van der Waals surface area contributed by atoms with Crippen LogP contribution in [-0.4, -0.2) is 42.8 Å². The summed E-state index contributed by atoms with van der Waals surface area (Å²) in [4.78, 5) is 5.28. The molecule has 2 heterocycles. The topological polar surface area (TPSA) is 50.5 Å². The number of aryl methyl sites for hydroxylation is 1. The first-order valence-electron chi connectivity index (χ1n) is 7.53. The summed E-state index contributed by atoms with van der Waals surface area (Å²) in [7, 11) is 0. The van der Waals surface area contributed by atoms with Gasteiger partial charge in [-0.2, -0.15) is 0 Å². The summed E-state index contributed by atoms with van der Waals surface area (Å²) in [6, 6.07) is 5.18. The summed E-state index contributed by atoms with van der Waals surface area (Å²) in [6.45, 7) is 9.44. The Kier molecular flexibility index (Phi) is 5.99. The first-order valence-corrected chi connectivity index (χ1v) is 8.35. The fraction of sp³-hybridized carbons (Fsp3) is 0.733. The highest BCUT2D eigenvalue weighted by Gasteiger charge is 2.29. The van der Waals surface area contributed by atoms with E-state index in [2.05, 4.69) is 43.2 Å². The first-order chi connectivity index (χ1) is 9.63. The van der Waals surface area contributed by atoms with Crippen LogP contribution >= 0.6 is 11.3 Å². The Morgan fingerprint density at radius 2 is 2.20 bits per heavy atom. The van der Waals surface area contributed by atoms with E-state index in [9.17, 15) is 0 Å². The monoisotopic (exact) mass is 297 g/mol. The molecule has 1 aromatic heterocycles. The van der Waals surface area contributed by atoms with Crippen LogP contribution in [0.1, 0.15) is 30.5 Å². The zero-order valence-corrected chi connectivity index (χ0v) is 13.6. The summed E-state index contributed by atoms with van der Waals surface area (Å²) in [5, 5.41) is 0. The van der Waals surface area contributed by atoms with Crippen LogP contribution in [0.15, 0.2) is 12.1 Å². The van der Waals surface area contributed by atoms with Gasteiger partial charge in [-0.25, -0.2) is 0 Å². The predicted molar refractivity (Wildman–Crippen MR) is 85.0 cm³/mol. The van der Waals surface area contributed by atoms with E-state index >= 15 is 0 Å². The van der Waals surface area contributed by atoms with Crippen molar-refractivity contribution >= 4 is 11.3 Å². The predicted octanol–water partition coefficient (Wildman–Crippen LogP) is 1.79. The van der Waals surface area contributed by atoms with Crippen molar-refractivity contribution in [2.75, 3.05) is 19.7 Å². The second-order valence-corrected chi connectivity index (χ2v) is 6.95. The zero-order chi connectivity index (χ0) is 14.5. The second kappa shape index (κ2) is 7.52. The molecular weight excluding hydrogens is 270 g/mol. The molecule has 4 nitrogen and oxygen atoms in total. The van der Waals surface area contributed by atoms with Crippen molar-refractivity contribution in [2.45, 2.75) is 51.8 Å². The van der Waals surface area contributed by atoms with Gasteiger partial charge in [0.1, 0.15) is 0 Å². The summed E-state index contributed by atoms with van der Waals surface area (Å²) in [5.41, 5.74) is 2.96. The minimum atomic E-state index is 0.170. The van der Waals surface area contributed by atoms with Gasteiger partial charge in [0.25, 0.3) is 0 Å². The molecule has 20 heavy (non-hydrogen) atoms. The second-order valence-electron chi connectivity index (χ2n) is 5.70. The first kappa shape index (κ1) is 15.9. The molecule has 3 N–H and O–H groups in total. The van der Waals surface area contributed by atoms with Crippen molar-refractivity contribution in [3.05, 3.63) is 21.9 Å². The van der Waals surface area contributed by atoms with Crippen molar-refractivity contribution in [1.82, 2.24) is 10.3 Å². The zero-order valence-electron chi connectivity index (χ0n) is 12.8. The minimum absolute atomic E-state index is 0.170. The van der Waals surface area contributed by atoms with Crippen LogP contribution in [0.25, 0.3) is 0 Å². The molecule has 0 aliphatic carbocycles. The molecule has 0 amide bonds. The van der Waals surface area contributed by atoms with Crippen LogP contribution in [-0.2, 0) is 17.6 Å². The quantitative estimate of drug-likeness (QED) is 0.621. The van der Waals surface area contributed by atoms with Crippen LogP contribution in [0.5, 0.6) is 0 Å². The van der Waals surface area contributed by atoms with E-state index in [-0.39, 0.29) is 12.1 Å². The molecule has 1 fully saturated rings.